The molecule has 0 bridgehead atoms. The fraction of sp³-hybridized carbons (Fsp3) is 0.118. The molecule has 0 aliphatic rings. The number of carbonyl (C=O) groups is 1. The molecule has 0 fully saturated rings. The molecular formula is C17H14ClN3O2. The lowest BCUT2D eigenvalue weighted by atomic mass is 10.1. The maximum Gasteiger partial charge on any atom is 0.257 e. The number of rotatable bonds is 3. The Morgan fingerprint density at radius 1 is 1.26 bits per heavy atom. The van der Waals surface area contributed by atoms with E-state index in [0.717, 1.165) is 11.1 Å². The maximum absolute atomic E-state index is 12.5. The van der Waals surface area contributed by atoms with Crippen molar-refractivity contribution in [3.8, 4) is 0 Å². The minimum absolute atomic E-state index is 0.0938. The first-order valence-corrected chi connectivity index (χ1v) is 7.40. The molecule has 0 atom stereocenters. The van der Waals surface area contributed by atoms with E-state index in [1.807, 2.05) is 0 Å². The molecule has 3 rings (SSSR count). The summed E-state index contributed by atoms with van der Waals surface area (Å²) in [5.41, 5.74) is 1.41. The van der Waals surface area contributed by atoms with Crippen LogP contribution in [0.3, 0.4) is 0 Å². The number of halogens is 1. The quantitative estimate of drug-likeness (QED) is 0.804. The van der Waals surface area contributed by atoms with E-state index in [4.69, 9.17) is 11.6 Å². The third-order valence-corrected chi connectivity index (χ3v) is 3.83. The van der Waals surface area contributed by atoms with Gasteiger partial charge in [-0.05, 0) is 35.9 Å². The van der Waals surface area contributed by atoms with E-state index in [2.05, 4.69) is 10.3 Å². The van der Waals surface area contributed by atoms with Crippen molar-refractivity contribution in [2.24, 2.45) is 7.05 Å². The maximum atomic E-state index is 12.5. The molecule has 2 heterocycles. The van der Waals surface area contributed by atoms with Gasteiger partial charge >= 0.3 is 0 Å². The van der Waals surface area contributed by atoms with Crippen molar-refractivity contribution < 1.29 is 4.79 Å². The van der Waals surface area contributed by atoms with Crippen molar-refractivity contribution >= 4 is 28.4 Å². The van der Waals surface area contributed by atoms with E-state index in [-0.39, 0.29) is 11.0 Å². The summed E-state index contributed by atoms with van der Waals surface area (Å²) in [4.78, 5) is 28.8. The van der Waals surface area contributed by atoms with Gasteiger partial charge in [-0.2, -0.15) is 0 Å². The fourth-order valence-electron chi connectivity index (χ4n) is 2.40. The smallest absolute Gasteiger partial charge is 0.257 e. The highest BCUT2D eigenvalue weighted by Gasteiger charge is 2.14. The van der Waals surface area contributed by atoms with Crippen LogP contribution in [0.1, 0.15) is 15.9 Å². The Morgan fingerprint density at radius 2 is 2.00 bits per heavy atom. The minimum atomic E-state index is -0.413. The minimum Gasteiger partial charge on any atom is -0.350 e. The number of hydrogen-bond donors (Lipinski definition) is 1. The Hall–Kier alpha value is -2.66. The number of hydrogen-bond acceptors (Lipinski definition) is 3. The first-order valence-electron chi connectivity index (χ1n) is 7.02. The summed E-state index contributed by atoms with van der Waals surface area (Å²) in [6.45, 7) is 0.331. The van der Waals surface area contributed by atoms with Gasteiger partial charge < -0.3 is 9.88 Å². The summed E-state index contributed by atoms with van der Waals surface area (Å²) in [5, 5.41) is 3.64. The molecule has 0 aliphatic carbocycles. The standard InChI is InChI=1S/C17H14ClN3O2/c1-21-10-14(16(22)13-8-12(18)2-3-15(13)21)17(23)20-9-11-4-6-19-7-5-11/h2-8,10H,9H2,1H3,(H,20,23). The third-order valence-electron chi connectivity index (χ3n) is 3.60. The Labute approximate surface area is 137 Å². The number of nitrogens with zero attached hydrogens (tertiary/aromatic N) is 2. The molecule has 23 heavy (non-hydrogen) atoms. The predicted molar refractivity (Wildman–Crippen MR) is 89.6 cm³/mol. The van der Waals surface area contributed by atoms with Crippen LogP contribution in [-0.4, -0.2) is 15.5 Å². The van der Waals surface area contributed by atoms with Crippen LogP contribution in [0.15, 0.2) is 53.7 Å². The molecule has 0 saturated heterocycles. The van der Waals surface area contributed by atoms with Crippen molar-refractivity contribution in [2.45, 2.75) is 6.54 Å². The van der Waals surface area contributed by atoms with Crippen LogP contribution in [-0.2, 0) is 13.6 Å². The highest BCUT2D eigenvalue weighted by molar-refractivity contribution is 6.31. The Kier molecular flexibility index (Phi) is 4.12. The summed E-state index contributed by atoms with van der Waals surface area (Å²) in [6.07, 6.45) is 4.84. The largest absolute Gasteiger partial charge is 0.350 e. The number of amides is 1. The van der Waals surface area contributed by atoms with Gasteiger partial charge in [0.25, 0.3) is 5.91 Å². The zero-order valence-corrected chi connectivity index (χ0v) is 13.2. The molecular weight excluding hydrogens is 314 g/mol. The second-order valence-electron chi connectivity index (χ2n) is 5.18. The molecule has 0 spiro atoms. The van der Waals surface area contributed by atoms with Crippen LogP contribution in [0.25, 0.3) is 10.9 Å². The van der Waals surface area contributed by atoms with Crippen molar-refractivity contribution in [2.75, 3.05) is 0 Å². The molecule has 3 aromatic rings. The highest BCUT2D eigenvalue weighted by atomic mass is 35.5. The lowest BCUT2D eigenvalue weighted by Gasteiger charge is -2.10. The van der Waals surface area contributed by atoms with Crippen LogP contribution in [0.2, 0.25) is 5.02 Å². The summed E-state index contributed by atoms with van der Waals surface area (Å²) in [6, 6.07) is 8.67. The molecule has 2 aromatic heterocycles. The highest BCUT2D eigenvalue weighted by Crippen LogP contribution is 2.16. The van der Waals surface area contributed by atoms with Crippen molar-refractivity contribution in [3.05, 3.63) is 75.3 Å². The number of benzene rings is 1. The number of carbonyl (C=O) groups excluding carboxylic acids is 1. The van der Waals surface area contributed by atoms with Gasteiger partial charge in [0.15, 0.2) is 0 Å². The topological polar surface area (TPSA) is 64.0 Å². The van der Waals surface area contributed by atoms with Crippen molar-refractivity contribution in [1.82, 2.24) is 14.9 Å². The lowest BCUT2D eigenvalue weighted by molar-refractivity contribution is 0.0949. The van der Waals surface area contributed by atoms with Gasteiger partial charge in [-0.25, -0.2) is 0 Å². The van der Waals surface area contributed by atoms with Crippen molar-refractivity contribution in [1.29, 1.82) is 0 Å². The number of pyridine rings is 2. The average molecular weight is 328 g/mol. The molecule has 0 aliphatic heterocycles. The summed E-state index contributed by atoms with van der Waals surface area (Å²) < 4.78 is 1.74. The summed E-state index contributed by atoms with van der Waals surface area (Å²) in [7, 11) is 1.79. The Morgan fingerprint density at radius 3 is 2.74 bits per heavy atom. The van der Waals surface area contributed by atoms with Crippen LogP contribution in [0.5, 0.6) is 0 Å². The van der Waals surface area contributed by atoms with Gasteiger partial charge in [0, 0.05) is 42.6 Å². The Balaban J connectivity index is 1.94. The van der Waals surface area contributed by atoms with Crippen LogP contribution >= 0.6 is 11.6 Å². The molecule has 1 aromatic carbocycles. The molecule has 6 heteroatoms. The van der Waals surface area contributed by atoms with Gasteiger partial charge in [-0.1, -0.05) is 11.6 Å². The number of nitrogens with one attached hydrogen (secondary N) is 1. The zero-order chi connectivity index (χ0) is 16.4. The predicted octanol–water partition coefficient (Wildman–Crippen LogP) is 2.52. The van der Waals surface area contributed by atoms with Gasteiger partial charge in [0.05, 0.1) is 5.52 Å². The van der Waals surface area contributed by atoms with E-state index in [1.165, 1.54) is 0 Å². The molecule has 5 nitrogen and oxygen atoms in total. The average Bonchev–Trinajstić information content (AvgIpc) is 2.56. The first-order chi connectivity index (χ1) is 11.1. The molecule has 0 radical (unpaired) electrons. The second-order valence-corrected chi connectivity index (χ2v) is 5.62. The molecule has 0 saturated carbocycles. The first kappa shape index (κ1) is 15.2. The summed E-state index contributed by atoms with van der Waals surface area (Å²) in [5.74, 6) is -0.413. The second kappa shape index (κ2) is 6.22. The van der Waals surface area contributed by atoms with Crippen LogP contribution < -0.4 is 10.7 Å². The Bertz CT molecular complexity index is 936. The molecule has 0 unspecified atom stereocenters. The van der Waals surface area contributed by atoms with E-state index in [9.17, 15) is 9.59 Å². The molecule has 116 valence electrons. The lowest BCUT2D eigenvalue weighted by Crippen LogP contribution is -2.29. The van der Waals surface area contributed by atoms with E-state index >= 15 is 0 Å². The van der Waals surface area contributed by atoms with Crippen molar-refractivity contribution in [3.63, 3.8) is 0 Å². The SMILES string of the molecule is Cn1cc(C(=O)NCc2ccncc2)c(=O)c2cc(Cl)ccc21. The van der Waals surface area contributed by atoms with Gasteiger partial charge in [0.1, 0.15) is 5.56 Å². The van der Waals surface area contributed by atoms with Gasteiger partial charge in [0.2, 0.25) is 5.43 Å². The van der Waals surface area contributed by atoms with Crippen LogP contribution in [0, 0.1) is 0 Å². The van der Waals surface area contributed by atoms with E-state index in [0.29, 0.717) is 17.0 Å². The fourth-order valence-corrected chi connectivity index (χ4v) is 2.58. The van der Waals surface area contributed by atoms with E-state index in [1.54, 1.807) is 60.5 Å². The third kappa shape index (κ3) is 3.10. The monoisotopic (exact) mass is 327 g/mol. The normalized spacial score (nSPS) is 10.7. The van der Waals surface area contributed by atoms with Crippen LogP contribution in [0.4, 0.5) is 0 Å². The molecule has 1 amide bonds. The van der Waals surface area contributed by atoms with Gasteiger partial charge in [-0.3, -0.25) is 14.6 Å². The summed E-state index contributed by atoms with van der Waals surface area (Å²) >= 11 is 5.96. The zero-order valence-electron chi connectivity index (χ0n) is 12.4. The number of aryl methyl sites for hydroxylation is 1. The van der Waals surface area contributed by atoms with E-state index < -0.39 is 5.91 Å². The van der Waals surface area contributed by atoms with Gasteiger partial charge in [-0.15, -0.1) is 0 Å². The number of aromatic nitrogens is 2. The molecule has 1 N–H and O–H groups in total. The number of fused-ring (bicyclic) bond motifs is 1.